The van der Waals surface area contributed by atoms with Crippen molar-refractivity contribution < 1.29 is 4.39 Å². The predicted octanol–water partition coefficient (Wildman–Crippen LogP) is 3.42. The van der Waals surface area contributed by atoms with Gasteiger partial charge in [0.25, 0.3) is 0 Å². The van der Waals surface area contributed by atoms with Crippen LogP contribution in [0.5, 0.6) is 0 Å². The van der Waals surface area contributed by atoms with Crippen LogP contribution in [0.1, 0.15) is 16.7 Å². The molecule has 0 aliphatic rings. The lowest BCUT2D eigenvalue weighted by Crippen LogP contribution is -2.12. The summed E-state index contributed by atoms with van der Waals surface area (Å²) in [6, 6.07) is 15.5. The molecule has 0 amide bonds. The largest absolute Gasteiger partial charge is 0.309 e. The fourth-order valence-corrected chi connectivity index (χ4v) is 1.69. The van der Waals surface area contributed by atoms with Gasteiger partial charge in [-0.3, -0.25) is 0 Å². The topological polar surface area (TPSA) is 12.0 Å². The van der Waals surface area contributed by atoms with Crippen LogP contribution < -0.4 is 5.32 Å². The van der Waals surface area contributed by atoms with Crippen molar-refractivity contribution in [1.29, 1.82) is 0 Å². The van der Waals surface area contributed by atoms with E-state index >= 15 is 0 Å². The summed E-state index contributed by atoms with van der Waals surface area (Å²) in [5.74, 6) is -0.135. The number of nitrogens with one attached hydrogen (secondary N) is 1. The molecule has 0 aliphatic carbocycles. The molecule has 2 aromatic carbocycles. The molecule has 88 valence electrons. The summed E-state index contributed by atoms with van der Waals surface area (Å²) >= 11 is 0. The van der Waals surface area contributed by atoms with E-state index in [9.17, 15) is 4.39 Å². The summed E-state index contributed by atoms with van der Waals surface area (Å²) in [4.78, 5) is 0. The monoisotopic (exact) mass is 229 g/mol. The van der Waals surface area contributed by atoms with Crippen molar-refractivity contribution in [2.24, 2.45) is 0 Å². The van der Waals surface area contributed by atoms with E-state index in [4.69, 9.17) is 0 Å². The second kappa shape index (κ2) is 5.60. The summed E-state index contributed by atoms with van der Waals surface area (Å²) in [5, 5.41) is 3.30. The Kier molecular flexibility index (Phi) is 3.89. The molecular formula is C15H16FN. The zero-order valence-corrected chi connectivity index (χ0v) is 9.91. The van der Waals surface area contributed by atoms with Gasteiger partial charge in [-0.25, -0.2) is 4.39 Å². The predicted molar refractivity (Wildman–Crippen MR) is 68.1 cm³/mol. The van der Waals surface area contributed by atoms with E-state index < -0.39 is 0 Å². The second-order valence-corrected chi connectivity index (χ2v) is 4.17. The number of halogens is 1. The number of hydrogen-bond donors (Lipinski definition) is 1. The maximum atomic E-state index is 13.3. The van der Waals surface area contributed by atoms with E-state index in [1.54, 1.807) is 13.0 Å². The molecule has 0 aromatic heterocycles. The normalized spacial score (nSPS) is 10.5. The SMILES string of the molecule is Cc1ccc(CNCc2ccccc2)cc1F. The van der Waals surface area contributed by atoms with Gasteiger partial charge < -0.3 is 5.32 Å². The van der Waals surface area contributed by atoms with Gasteiger partial charge in [-0.05, 0) is 29.7 Å². The third-order valence-electron chi connectivity index (χ3n) is 2.74. The molecule has 0 heterocycles. The Morgan fingerprint density at radius 1 is 0.941 bits per heavy atom. The highest BCUT2D eigenvalue weighted by molar-refractivity contribution is 5.23. The molecule has 1 N–H and O–H groups in total. The molecule has 1 nitrogen and oxygen atoms in total. The maximum Gasteiger partial charge on any atom is 0.126 e. The molecule has 0 radical (unpaired) electrons. The molecule has 0 saturated carbocycles. The first-order valence-electron chi connectivity index (χ1n) is 5.75. The molecule has 2 aromatic rings. The van der Waals surface area contributed by atoms with Crippen LogP contribution in [0.4, 0.5) is 4.39 Å². The Hall–Kier alpha value is -1.67. The minimum atomic E-state index is -0.135. The van der Waals surface area contributed by atoms with Crippen LogP contribution in [0, 0.1) is 12.7 Å². The van der Waals surface area contributed by atoms with Crippen molar-refractivity contribution in [3.05, 3.63) is 71.0 Å². The zero-order chi connectivity index (χ0) is 12.1. The van der Waals surface area contributed by atoms with Gasteiger partial charge in [0.05, 0.1) is 0 Å². The average molecular weight is 229 g/mol. The van der Waals surface area contributed by atoms with Gasteiger partial charge >= 0.3 is 0 Å². The highest BCUT2D eigenvalue weighted by atomic mass is 19.1. The Bertz CT molecular complexity index is 480. The van der Waals surface area contributed by atoms with Crippen molar-refractivity contribution in [1.82, 2.24) is 5.32 Å². The van der Waals surface area contributed by atoms with Gasteiger partial charge in [-0.1, -0.05) is 42.5 Å². The summed E-state index contributed by atoms with van der Waals surface area (Å²) in [6.07, 6.45) is 0. The minimum absolute atomic E-state index is 0.135. The van der Waals surface area contributed by atoms with Gasteiger partial charge in [0.1, 0.15) is 5.82 Å². The average Bonchev–Trinajstić information content (AvgIpc) is 2.35. The lowest BCUT2D eigenvalue weighted by Gasteiger charge is -2.06. The summed E-state index contributed by atoms with van der Waals surface area (Å²) in [6.45, 7) is 3.26. The van der Waals surface area contributed by atoms with Crippen LogP contribution in [-0.4, -0.2) is 0 Å². The standard InChI is InChI=1S/C15H16FN/c1-12-7-8-14(9-15(12)16)11-17-10-13-5-3-2-4-6-13/h2-9,17H,10-11H2,1H3. The van der Waals surface area contributed by atoms with E-state index in [2.05, 4.69) is 17.4 Å². The lowest BCUT2D eigenvalue weighted by atomic mass is 10.1. The molecule has 0 fully saturated rings. The van der Waals surface area contributed by atoms with Crippen LogP contribution in [0.2, 0.25) is 0 Å². The molecule has 0 atom stereocenters. The van der Waals surface area contributed by atoms with Gasteiger partial charge in [-0.15, -0.1) is 0 Å². The van der Waals surface area contributed by atoms with Crippen molar-refractivity contribution >= 4 is 0 Å². The van der Waals surface area contributed by atoms with E-state index in [0.29, 0.717) is 12.1 Å². The molecule has 0 saturated heterocycles. The molecule has 0 bridgehead atoms. The first-order valence-corrected chi connectivity index (χ1v) is 5.75. The van der Waals surface area contributed by atoms with Gasteiger partial charge in [-0.2, -0.15) is 0 Å². The summed E-state index contributed by atoms with van der Waals surface area (Å²) in [7, 11) is 0. The fourth-order valence-electron chi connectivity index (χ4n) is 1.69. The Labute approximate surface area is 101 Å². The second-order valence-electron chi connectivity index (χ2n) is 4.17. The van der Waals surface area contributed by atoms with Crippen LogP contribution in [0.15, 0.2) is 48.5 Å². The molecule has 2 heteroatoms. The summed E-state index contributed by atoms with van der Waals surface area (Å²) in [5.41, 5.74) is 2.90. The number of rotatable bonds is 4. The van der Waals surface area contributed by atoms with Crippen molar-refractivity contribution in [2.45, 2.75) is 20.0 Å². The van der Waals surface area contributed by atoms with Crippen molar-refractivity contribution in [2.75, 3.05) is 0 Å². The Morgan fingerprint density at radius 3 is 2.35 bits per heavy atom. The van der Waals surface area contributed by atoms with Crippen LogP contribution in [0.25, 0.3) is 0 Å². The first-order chi connectivity index (χ1) is 8.25. The van der Waals surface area contributed by atoms with Crippen LogP contribution in [0.3, 0.4) is 0 Å². The zero-order valence-electron chi connectivity index (χ0n) is 9.91. The third-order valence-corrected chi connectivity index (χ3v) is 2.74. The summed E-state index contributed by atoms with van der Waals surface area (Å²) < 4.78 is 13.3. The highest BCUT2D eigenvalue weighted by Crippen LogP contribution is 2.09. The maximum absolute atomic E-state index is 13.3. The number of aryl methyl sites for hydroxylation is 1. The van der Waals surface area contributed by atoms with E-state index in [0.717, 1.165) is 12.1 Å². The van der Waals surface area contributed by atoms with E-state index in [-0.39, 0.29) is 5.82 Å². The molecule has 17 heavy (non-hydrogen) atoms. The van der Waals surface area contributed by atoms with Crippen LogP contribution in [-0.2, 0) is 13.1 Å². The van der Waals surface area contributed by atoms with Crippen molar-refractivity contribution in [3.8, 4) is 0 Å². The third kappa shape index (κ3) is 3.40. The van der Waals surface area contributed by atoms with E-state index in [1.807, 2.05) is 30.3 Å². The highest BCUT2D eigenvalue weighted by Gasteiger charge is 1.99. The number of hydrogen-bond acceptors (Lipinski definition) is 1. The molecule has 2 rings (SSSR count). The van der Waals surface area contributed by atoms with Crippen molar-refractivity contribution in [3.63, 3.8) is 0 Å². The van der Waals surface area contributed by atoms with Gasteiger partial charge in [0, 0.05) is 13.1 Å². The Balaban J connectivity index is 1.88. The first kappa shape index (κ1) is 11.8. The molecular weight excluding hydrogens is 213 g/mol. The number of benzene rings is 2. The van der Waals surface area contributed by atoms with Gasteiger partial charge in [0.2, 0.25) is 0 Å². The lowest BCUT2D eigenvalue weighted by molar-refractivity contribution is 0.611. The molecule has 0 aliphatic heterocycles. The van der Waals surface area contributed by atoms with E-state index in [1.165, 1.54) is 5.56 Å². The Morgan fingerprint density at radius 2 is 1.65 bits per heavy atom. The molecule has 0 unspecified atom stereocenters. The quantitative estimate of drug-likeness (QED) is 0.847. The van der Waals surface area contributed by atoms with Crippen LogP contribution >= 0.6 is 0 Å². The van der Waals surface area contributed by atoms with Gasteiger partial charge in [0.15, 0.2) is 0 Å². The fraction of sp³-hybridized carbons (Fsp3) is 0.200. The molecule has 0 spiro atoms. The minimum Gasteiger partial charge on any atom is -0.309 e. The smallest absolute Gasteiger partial charge is 0.126 e.